The molecule has 0 aliphatic carbocycles. The molecule has 0 radical (unpaired) electrons. The van der Waals surface area contributed by atoms with Gasteiger partial charge in [0.25, 0.3) is 0 Å². The Kier molecular flexibility index (Phi) is 3.70. The maximum atomic E-state index is 5.53. The summed E-state index contributed by atoms with van der Waals surface area (Å²) in [5, 5.41) is 3.13. The van der Waals surface area contributed by atoms with Crippen molar-refractivity contribution in [2.24, 2.45) is 5.73 Å². The fourth-order valence-corrected chi connectivity index (χ4v) is 2.29. The van der Waals surface area contributed by atoms with Crippen molar-refractivity contribution in [2.75, 3.05) is 0 Å². The van der Waals surface area contributed by atoms with Crippen LogP contribution in [0.4, 0.5) is 0 Å². The molecule has 0 atom stereocenters. The van der Waals surface area contributed by atoms with E-state index in [0.29, 0.717) is 6.54 Å². The van der Waals surface area contributed by atoms with Gasteiger partial charge >= 0.3 is 0 Å². The number of hydrogen-bond donors (Lipinski definition) is 1. The fourth-order valence-electron chi connectivity index (χ4n) is 1.58. The van der Waals surface area contributed by atoms with Gasteiger partial charge in [-0.2, -0.15) is 0 Å². The SMILES string of the molecule is Cc1ccc(CCc2csc(CN)n2)cc1. The van der Waals surface area contributed by atoms with Crippen LogP contribution in [-0.4, -0.2) is 4.98 Å². The number of nitrogens with zero attached hydrogens (tertiary/aromatic N) is 1. The Balaban J connectivity index is 1.94. The third kappa shape index (κ3) is 2.90. The summed E-state index contributed by atoms with van der Waals surface area (Å²) in [4.78, 5) is 4.45. The molecule has 0 unspecified atom stereocenters. The van der Waals surface area contributed by atoms with E-state index >= 15 is 0 Å². The standard InChI is InChI=1S/C13H16N2S/c1-10-2-4-11(5-3-10)6-7-12-9-16-13(8-14)15-12/h2-5,9H,6-8,14H2,1H3. The molecule has 2 nitrogen and oxygen atoms in total. The zero-order valence-corrected chi connectivity index (χ0v) is 10.3. The van der Waals surface area contributed by atoms with Gasteiger partial charge in [0.15, 0.2) is 0 Å². The summed E-state index contributed by atoms with van der Waals surface area (Å²) < 4.78 is 0. The predicted octanol–water partition coefficient (Wildman–Crippen LogP) is 2.70. The van der Waals surface area contributed by atoms with Gasteiger partial charge in [-0.15, -0.1) is 11.3 Å². The van der Waals surface area contributed by atoms with Gasteiger partial charge < -0.3 is 5.73 Å². The molecule has 2 rings (SSSR count). The molecule has 0 fully saturated rings. The van der Waals surface area contributed by atoms with Crippen LogP contribution >= 0.6 is 11.3 Å². The zero-order valence-electron chi connectivity index (χ0n) is 9.44. The van der Waals surface area contributed by atoms with Crippen molar-refractivity contribution in [3.05, 3.63) is 51.5 Å². The van der Waals surface area contributed by atoms with Crippen LogP contribution in [0, 0.1) is 6.92 Å². The summed E-state index contributed by atoms with van der Waals surface area (Å²) in [6.07, 6.45) is 2.05. The van der Waals surface area contributed by atoms with Gasteiger partial charge in [0.2, 0.25) is 0 Å². The van der Waals surface area contributed by atoms with Crippen molar-refractivity contribution < 1.29 is 0 Å². The first-order chi connectivity index (χ1) is 7.78. The lowest BCUT2D eigenvalue weighted by Crippen LogP contribution is -1.96. The minimum Gasteiger partial charge on any atom is -0.325 e. The summed E-state index contributed by atoms with van der Waals surface area (Å²) in [5.74, 6) is 0. The minimum absolute atomic E-state index is 0.551. The third-order valence-corrected chi connectivity index (χ3v) is 3.48. The van der Waals surface area contributed by atoms with Crippen LogP contribution in [0.5, 0.6) is 0 Å². The second kappa shape index (κ2) is 5.23. The molecule has 3 heteroatoms. The second-order valence-corrected chi connectivity index (χ2v) is 4.86. The average molecular weight is 232 g/mol. The van der Waals surface area contributed by atoms with E-state index in [1.54, 1.807) is 11.3 Å². The van der Waals surface area contributed by atoms with Gasteiger partial charge in [-0.1, -0.05) is 29.8 Å². The molecule has 0 bridgehead atoms. The van der Waals surface area contributed by atoms with Crippen molar-refractivity contribution in [3.8, 4) is 0 Å². The molecule has 1 aromatic carbocycles. The first kappa shape index (κ1) is 11.3. The Hall–Kier alpha value is -1.19. The molecular weight excluding hydrogens is 216 g/mol. The van der Waals surface area contributed by atoms with Crippen molar-refractivity contribution in [1.29, 1.82) is 0 Å². The Morgan fingerprint density at radius 2 is 1.94 bits per heavy atom. The van der Waals surface area contributed by atoms with Crippen molar-refractivity contribution >= 4 is 11.3 Å². The first-order valence-electron chi connectivity index (χ1n) is 5.47. The average Bonchev–Trinajstić information content (AvgIpc) is 2.76. The monoisotopic (exact) mass is 232 g/mol. The van der Waals surface area contributed by atoms with Crippen LogP contribution < -0.4 is 5.73 Å². The van der Waals surface area contributed by atoms with Crippen LogP contribution in [-0.2, 0) is 19.4 Å². The molecule has 2 N–H and O–H groups in total. The van der Waals surface area contributed by atoms with E-state index in [-0.39, 0.29) is 0 Å². The summed E-state index contributed by atoms with van der Waals surface area (Å²) >= 11 is 1.65. The molecular formula is C13H16N2S. The number of benzene rings is 1. The van der Waals surface area contributed by atoms with E-state index in [9.17, 15) is 0 Å². The normalized spacial score (nSPS) is 10.6. The van der Waals surface area contributed by atoms with E-state index < -0.39 is 0 Å². The fraction of sp³-hybridized carbons (Fsp3) is 0.308. The smallest absolute Gasteiger partial charge is 0.106 e. The van der Waals surface area contributed by atoms with Crippen LogP contribution in [0.1, 0.15) is 21.8 Å². The molecule has 2 aromatic rings. The molecule has 0 amide bonds. The number of aromatic nitrogens is 1. The maximum Gasteiger partial charge on any atom is 0.106 e. The number of rotatable bonds is 4. The van der Waals surface area contributed by atoms with Gasteiger partial charge in [0.1, 0.15) is 5.01 Å². The molecule has 0 saturated carbocycles. The van der Waals surface area contributed by atoms with Crippen molar-refractivity contribution in [3.63, 3.8) is 0 Å². The Bertz CT molecular complexity index is 445. The molecule has 1 heterocycles. The van der Waals surface area contributed by atoms with Crippen molar-refractivity contribution in [2.45, 2.75) is 26.3 Å². The van der Waals surface area contributed by atoms with E-state index in [1.807, 2.05) is 0 Å². The third-order valence-electron chi connectivity index (χ3n) is 2.56. The highest BCUT2D eigenvalue weighted by molar-refractivity contribution is 7.09. The molecule has 0 aliphatic heterocycles. The summed E-state index contributed by atoms with van der Waals surface area (Å²) in [6.45, 7) is 2.66. The molecule has 1 aromatic heterocycles. The number of nitrogens with two attached hydrogens (primary N) is 1. The molecule has 0 aliphatic rings. The molecule has 84 valence electrons. The lowest BCUT2D eigenvalue weighted by Gasteiger charge is -2.00. The zero-order chi connectivity index (χ0) is 11.4. The van der Waals surface area contributed by atoms with Crippen LogP contribution in [0.15, 0.2) is 29.6 Å². The molecule has 0 saturated heterocycles. The number of hydrogen-bond acceptors (Lipinski definition) is 3. The Morgan fingerprint density at radius 3 is 2.56 bits per heavy atom. The van der Waals surface area contributed by atoms with E-state index in [0.717, 1.165) is 23.5 Å². The van der Waals surface area contributed by atoms with Gasteiger partial charge in [-0.05, 0) is 25.3 Å². The van der Waals surface area contributed by atoms with Crippen LogP contribution in [0.3, 0.4) is 0 Å². The quantitative estimate of drug-likeness (QED) is 0.880. The Labute approximate surface area is 100 Å². The van der Waals surface area contributed by atoms with Gasteiger partial charge in [-0.3, -0.25) is 0 Å². The largest absolute Gasteiger partial charge is 0.325 e. The Morgan fingerprint density at radius 1 is 1.19 bits per heavy atom. The van der Waals surface area contributed by atoms with Gasteiger partial charge in [0, 0.05) is 11.9 Å². The highest BCUT2D eigenvalue weighted by atomic mass is 32.1. The number of aryl methyl sites for hydroxylation is 3. The lowest BCUT2D eigenvalue weighted by atomic mass is 10.1. The van der Waals surface area contributed by atoms with E-state index in [2.05, 4.69) is 41.6 Å². The van der Waals surface area contributed by atoms with Crippen LogP contribution in [0.25, 0.3) is 0 Å². The van der Waals surface area contributed by atoms with Gasteiger partial charge in [0.05, 0.1) is 5.69 Å². The molecule has 16 heavy (non-hydrogen) atoms. The number of thiazole rings is 1. The maximum absolute atomic E-state index is 5.53. The summed E-state index contributed by atoms with van der Waals surface area (Å²) in [5.41, 5.74) is 9.37. The topological polar surface area (TPSA) is 38.9 Å². The second-order valence-electron chi connectivity index (χ2n) is 3.92. The van der Waals surface area contributed by atoms with Crippen LogP contribution in [0.2, 0.25) is 0 Å². The summed E-state index contributed by atoms with van der Waals surface area (Å²) in [6, 6.07) is 8.68. The lowest BCUT2D eigenvalue weighted by molar-refractivity contribution is 0.904. The minimum atomic E-state index is 0.551. The summed E-state index contributed by atoms with van der Waals surface area (Å²) in [7, 11) is 0. The van der Waals surface area contributed by atoms with Gasteiger partial charge in [-0.25, -0.2) is 4.98 Å². The predicted molar refractivity (Wildman–Crippen MR) is 68.6 cm³/mol. The van der Waals surface area contributed by atoms with Crippen molar-refractivity contribution in [1.82, 2.24) is 4.98 Å². The van der Waals surface area contributed by atoms with E-state index in [1.165, 1.54) is 11.1 Å². The van der Waals surface area contributed by atoms with E-state index in [4.69, 9.17) is 5.73 Å². The molecule has 0 spiro atoms. The highest BCUT2D eigenvalue weighted by Gasteiger charge is 2.01. The first-order valence-corrected chi connectivity index (χ1v) is 6.35. The highest BCUT2D eigenvalue weighted by Crippen LogP contribution is 2.12.